The number of fused-ring (bicyclic) bond motifs is 10. The van der Waals surface area contributed by atoms with Crippen LogP contribution in [0, 0.1) is 0 Å². The first kappa shape index (κ1) is 31.8. The van der Waals surface area contributed by atoms with Gasteiger partial charge in [0.05, 0.1) is 0 Å². The number of para-hydroxylation sites is 2. The normalized spacial score (nSPS) is 15.4. The Morgan fingerprint density at radius 2 is 1.17 bits per heavy atom. The average Bonchev–Trinajstić information content (AvgIpc) is 3.79. The minimum absolute atomic E-state index is 0.875. The van der Waals surface area contributed by atoms with E-state index in [4.69, 9.17) is 8.83 Å². The molecule has 1 aliphatic carbocycles. The fourth-order valence-corrected chi connectivity index (χ4v) is 8.13. The Kier molecular flexibility index (Phi) is 7.63. The molecule has 0 saturated carbocycles. The summed E-state index contributed by atoms with van der Waals surface area (Å²) in [6, 6.07) is 49.1. The average molecular weight is 693 g/mol. The van der Waals surface area contributed by atoms with Gasteiger partial charge in [0.25, 0.3) is 0 Å². The van der Waals surface area contributed by atoms with Gasteiger partial charge in [0.2, 0.25) is 0 Å². The minimum atomic E-state index is 0.875. The number of benzene rings is 7. The van der Waals surface area contributed by atoms with E-state index in [9.17, 15) is 0 Å². The van der Waals surface area contributed by atoms with E-state index in [-0.39, 0.29) is 0 Å². The summed E-state index contributed by atoms with van der Waals surface area (Å²) in [6.45, 7) is 8.81. The van der Waals surface area contributed by atoms with Crippen molar-refractivity contribution in [3.63, 3.8) is 0 Å². The summed E-state index contributed by atoms with van der Waals surface area (Å²) in [5, 5.41) is 11.0. The van der Waals surface area contributed by atoms with Gasteiger partial charge in [-0.05, 0) is 97.3 Å². The van der Waals surface area contributed by atoms with Gasteiger partial charge in [0, 0.05) is 32.5 Å². The van der Waals surface area contributed by atoms with Crippen LogP contribution in [0.25, 0.3) is 89.6 Å². The van der Waals surface area contributed by atoms with Gasteiger partial charge in [-0.2, -0.15) is 0 Å². The molecule has 9 aromatic rings. The van der Waals surface area contributed by atoms with E-state index in [1.807, 2.05) is 36.4 Å². The first-order valence-corrected chi connectivity index (χ1v) is 18.5. The molecule has 7 aromatic carbocycles. The highest BCUT2D eigenvalue weighted by Crippen LogP contribution is 2.44. The standard InChI is InChI=1S/C52H36O2/c1-33-15-7-8-16-37(33)31-34(2)38-17-5-3-4-6-18-39(41-20-10-9-19-40(38)41)35-25-27-36(28-26-35)46-32-47-43(50-45-22-12-14-24-49(45)54-52(46)50)29-30-44-42-21-11-13-23-48(42)53-51(44)47/h5-32H,1-4H2/b17-5?,18-6+,37-31-,40-38?,41-39+. The zero-order valence-electron chi connectivity index (χ0n) is 29.8. The zero-order chi connectivity index (χ0) is 36.2. The van der Waals surface area contributed by atoms with Crippen molar-refractivity contribution in [2.45, 2.75) is 12.8 Å². The van der Waals surface area contributed by atoms with Crippen LogP contribution in [0.1, 0.15) is 18.4 Å². The third kappa shape index (κ3) is 5.26. The highest BCUT2D eigenvalue weighted by Gasteiger charge is 2.20. The third-order valence-electron chi connectivity index (χ3n) is 10.8. The van der Waals surface area contributed by atoms with Crippen molar-refractivity contribution in [3.05, 3.63) is 202 Å². The number of allylic oxidation sites excluding steroid dienone is 5. The Balaban J connectivity index is 1.19. The molecular formula is C52H36O2. The maximum atomic E-state index is 6.68. The van der Waals surface area contributed by atoms with Crippen LogP contribution in [0.3, 0.4) is 0 Å². The largest absolute Gasteiger partial charge is 0.455 e. The molecule has 0 saturated heterocycles. The summed E-state index contributed by atoms with van der Waals surface area (Å²) in [6.07, 6.45) is 13.1. The molecule has 54 heavy (non-hydrogen) atoms. The summed E-state index contributed by atoms with van der Waals surface area (Å²) >= 11 is 0. The molecule has 10 rings (SSSR count). The second-order valence-corrected chi connectivity index (χ2v) is 14.1. The fraction of sp³-hybridized carbons (Fsp3) is 0.0385. The van der Waals surface area contributed by atoms with Crippen LogP contribution in [0.2, 0.25) is 0 Å². The van der Waals surface area contributed by atoms with E-state index in [0.29, 0.717) is 0 Å². The van der Waals surface area contributed by atoms with Gasteiger partial charge < -0.3 is 8.83 Å². The zero-order valence-corrected chi connectivity index (χ0v) is 29.8. The van der Waals surface area contributed by atoms with Crippen molar-refractivity contribution >= 4 is 78.5 Å². The summed E-state index contributed by atoms with van der Waals surface area (Å²) in [5.41, 5.74) is 10.1. The van der Waals surface area contributed by atoms with Gasteiger partial charge in [-0.25, -0.2) is 0 Å². The van der Waals surface area contributed by atoms with Crippen LogP contribution in [0.15, 0.2) is 185 Å². The van der Waals surface area contributed by atoms with Crippen molar-refractivity contribution < 1.29 is 8.83 Å². The van der Waals surface area contributed by atoms with E-state index in [1.54, 1.807) is 0 Å². The number of hydrogen-bond acceptors (Lipinski definition) is 2. The van der Waals surface area contributed by atoms with Gasteiger partial charge in [-0.3, -0.25) is 0 Å². The molecule has 256 valence electrons. The number of rotatable bonds is 4. The summed E-state index contributed by atoms with van der Waals surface area (Å²) < 4.78 is 13.3. The maximum absolute atomic E-state index is 6.68. The van der Waals surface area contributed by atoms with Crippen molar-refractivity contribution in [1.29, 1.82) is 0 Å². The van der Waals surface area contributed by atoms with Crippen LogP contribution in [0.5, 0.6) is 0 Å². The predicted octanol–water partition coefficient (Wildman–Crippen LogP) is 11.0. The molecule has 2 heteroatoms. The highest BCUT2D eigenvalue weighted by molar-refractivity contribution is 6.27. The predicted molar refractivity (Wildman–Crippen MR) is 228 cm³/mol. The first-order chi connectivity index (χ1) is 26.6. The molecule has 1 aliphatic rings. The lowest BCUT2D eigenvalue weighted by Gasteiger charge is -2.11. The molecule has 0 atom stereocenters. The van der Waals surface area contributed by atoms with Crippen molar-refractivity contribution in [2.24, 2.45) is 0 Å². The van der Waals surface area contributed by atoms with E-state index >= 15 is 0 Å². The van der Waals surface area contributed by atoms with Crippen LogP contribution in [-0.4, -0.2) is 0 Å². The molecule has 0 N–H and O–H groups in total. The van der Waals surface area contributed by atoms with Gasteiger partial charge >= 0.3 is 0 Å². The lowest BCUT2D eigenvalue weighted by molar-refractivity contribution is 0.670. The molecule has 0 fully saturated rings. The van der Waals surface area contributed by atoms with Gasteiger partial charge in [0.15, 0.2) is 0 Å². The van der Waals surface area contributed by atoms with Gasteiger partial charge in [-0.15, -0.1) is 0 Å². The molecule has 0 spiro atoms. The molecule has 0 bridgehead atoms. The minimum Gasteiger partial charge on any atom is -0.455 e. The maximum Gasteiger partial charge on any atom is 0.143 e. The van der Waals surface area contributed by atoms with Crippen molar-refractivity contribution in [3.8, 4) is 11.1 Å². The molecule has 0 radical (unpaired) electrons. The monoisotopic (exact) mass is 692 g/mol. The smallest absolute Gasteiger partial charge is 0.143 e. The molecule has 0 amide bonds. The highest BCUT2D eigenvalue weighted by atomic mass is 16.3. The topological polar surface area (TPSA) is 26.3 Å². The molecule has 0 aliphatic heterocycles. The molecule has 2 aromatic heterocycles. The molecular weight excluding hydrogens is 657 g/mol. The second-order valence-electron chi connectivity index (χ2n) is 14.1. The Morgan fingerprint density at radius 3 is 1.98 bits per heavy atom. The van der Waals surface area contributed by atoms with Gasteiger partial charge in [-0.1, -0.05) is 153 Å². The van der Waals surface area contributed by atoms with E-state index < -0.39 is 0 Å². The summed E-state index contributed by atoms with van der Waals surface area (Å²) in [7, 11) is 0. The third-order valence-corrected chi connectivity index (χ3v) is 10.8. The van der Waals surface area contributed by atoms with E-state index in [0.717, 1.165) is 116 Å². The van der Waals surface area contributed by atoms with Crippen LogP contribution >= 0.6 is 0 Å². The lowest BCUT2D eigenvalue weighted by atomic mass is 9.92. The van der Waals surface area contributed by atoms with Crippen molar-refractivity contribution in [1.82, 2.24) is 0 Å². The van der Waals surface area contributed by atoms with E-state index in [2.05, 4.69) is 147 Å². The molecule has 2 nitrogen and oxygen atoms in total. The van der Waals surface area contributed by atoms with Gasteiger partial charge in [0.1, 0.15) is 22.3 Å². The summed E-state index contributed by atoms with van der Waals surface area (Å²) in [5.74, 6) is 0. The van der Waals surface area contributed by atoms with E-state index in [1.165, 1.54) is 5.57 Å². The Hall–Kier alpha value is -6.90. The van der Waals surface area contributed by atoms with Crippen molar-refractivity contribution in [2.75, 3.05) is 0 Å². The Labute approximate surface area is 312 Å². The van der Waals surface area contributed by atoms with Crippen LogP contribution in [-0.2, 0) is 0 Å². The second kappa shape index (κ2) is 12.9. The summed E-state index contributed by atoms with van der Waals surface area (Å²) in [4.78, 5) is 0. The lowest BCUT2D eigenvalue weighted by Crippen LogP contribution is -2.29. The van der Waals surface area contributed by atoms with Crippen LogP contribution in [0.4, 0.5) is 0 Å². The SMILES string of the molecule is C=C(/C=c1/ccccc1=C)C1=c2cccc/c2=C(c2ccc(-c3cc4c(ccc5c6ccccc6oc54)c4c3oc3ccccc34)cc2)/C=C/CCC=C1. The number of furan rings is 2. The first-order valence-electron chi connectivity index (χ1n) is 18.5. The number of hydrogen-bond donors (Lipinski definition) is 0. The quantitative estimate of drug-likeness (QED) is 0.184. The Bertz CT molecular complexity index is 3290. The molecule has 0 unspecified atom stereocenters. The van der Waals surface area contributed by atoms with Crippen LogP contribution < -0.4 is 20.9 Å². The molecule has 2 heterocycles. The Morgan fingerprint density at radius 1 is 0.537 bits per heavy atom. The fourth-order valence-electron chi connectivity index (χ4n) is 8.13.